The molecule has 0 bridgehead atoms. The number of hydrogen-bond acceptors (Lipinski definition) is 2. The van der Waals surface area contributed by atoms with Crippen LogP contribution in [0.4, 0.5) is 10.1 Å². The van der Waals surface area contributed by atoms with Crippen LogP contribution >= 0.6 is 12.2 Å². The summed E-state index contributed by atoms with van der Waals surface area (Å²) < 4.78 is 12.9. The third-order valence-electron chi connectivity index (χ3n) is 2.16. The molecule has 0 aromatic heterocycles. The summed E-state index contributed by atoms with van der Waals surface area (Å²) in [5, 5.41) is 2.57. The predicted octanol–water partition coefficient (Wildman–Crippen LogP) is 2.08. The van der Waals surface area contributed by atoms with Gasteiger partial charge in [0, 0.05) is 5.69 Å². The predicted molar refractivity (Wildman–Crippen MR) is 65.6 cm³/mol. The average molecular weight is 240 g/mol. The number of nitrogens with two attached hydrogens (primary N) is 1. The zero-order valence-corrected chi connectivity index (χ0v) is 9.68. The molecule has 0 radical (unpaired) electrons. The molecule has 0 spiro atoms. The van der Waals surface area contributed by atoms with E-state index in [2.05, 4.69) is 5.32 Å². The van der Waals surface area contributed by atoms with Crippen molar-refractivity contribution < 1.29 is 9.18 Å². The van der Waals surface area contributed by atoms with E-state index < -0.39 is 11.7 Å². The Morgan fingerprint density at radius 2 is 2.31 bits per heavy atom. The van der Waals surface area contributed by atoms with E-state index >= 15 is 0 Å². The second-order valence-corrected chi connectivity index (χ2v) is 3.83. The van der Waals surface area contributed by atoms with Crippen LogP contribution in [0, 0.1) is 11.7 Å². The van der Waals surface area contributed by atoms with Gasteiger partial charge in [-0.25, -0.2) is 4.39 Å². The number of nitrogens with one attached hydrogen (secondary N) is 1. The number of halogens is 1. The van der Waals surface area contributed by atoms with Gasteiger partial charge in [0.1, 0.15) is 5.82 Å². The highest BCUT2D eigenvalue weighted by Gasteiger charge is 2.19. The minimum Gasteiger partial charge on any atom is -0.393 e. The van der Waals surface area contributed by atoms with E-state index in [1.165, 1.54) is 18.2 Å². The van der Waals surface area contributed by atoms with Gasteiger partial charge in [0.05, 0.1) is 10.9 Å². The van der Waals surface area contributed by atoms with Crippen molar-refractivity contribution in [3.05, 3.63) is 30.1 Å². The van der Waals surface area contributed by atoms with Crippen LogP contribution < -0.4 is 11.1 Å². The Kier molecular flexibility index (Phi) is 4.37. The molecule has 0 saturated heterocycles. The third-order valence-corrected chi connectivity index (χ3v) is 2.44. The van der Waals surface area contributed by atoms with Gasteiger partial charge in [-0.15, -0.1) is 0 Å². The normalized spacial score (nSPS) is 11.9. The van der Waals surface area contributed by atoms with Crippen LogP contribution in [-0.2, 0) is 4.79 Å². The lowest BCUT2D eigenvalue weighted by atomic mass is 10.1. The minimum atomic E-state index is -0.515. The molecule has 1 aromatic rings. The van der Waals surface area contributed by atoms with Crippen LogP contribution in [0.15, 0.2) is 24.3 Å². The number of amides is 1. The van der Waals surface area contributed by atoms with E-state index in [1.54, 1.807) is 6.07 Å². The zero-order valence-electron chi connectivity index (χ0n) is 8.87. The van der Waals surface area contributed by atoms with E-state index in [4.69, 9.17) is 18.0 Å². The molecule has 1 amide bonds. The molecule has 0 saturated carbocycles. The minimum absolute atomic E-state index is 0.149. The van der Waals surface area contributed by atoms with Crippen LogP contribution in [0.2, 0.25) is 0 Å². The molecular weight excluding hydrogens is 227 g/mol. The summed E-state index contributed by atoms with van der Waals surface area (Å²) in [5.74, 6) is -1.22. The summed E-state index contributed by atoms with van der Waals surface area (Å²) >= 11 is 4.78. The van der Waals surface area contributed by atoms with Crippen LogP contribution in [0.1, 0.15) is 13.3 Å². The number of thiocarbonyl (C=S) groups is 1. The van der Waals surface area contributed by atoms with Gasteiger partial charge >= 0.3 is 0 Å². The third kappa shape index (κ3) is 3.27. The Morgan fingerprint density at radius 1 is 1.62 bits per heavy atom. The average Bonchev–Trinajstić information content (AvgIpc) is 2.17. The van der Waals surface area contributed by atoms with Crippen molar-refractivity contribution in [2.24, 2.45) is 11.7 Å². The number of rotatable bonds is 4. The first-order valence-electron chi connectivity index (χ1n) is 4.90. The second kappa shape index (κ2) is 5.55. The molecule has 1 rings (SSSR count). The Morgan fingerprint density at radius 3 is 2.81 bits per heavy atom. The lowest BCUT2D eigenvalue weighted by Gasteiger charge is -2.13. The lowest BCUT2D eigenvalue weighted by molar-refractivity contribution is -0.118. The van der Waals surface area contributed by atoms with Crippen molar-refractivity contribution in [3.63, 3.8) is 0 Å². The molecule has 0 aliphatic rings. The molecule has 1 atom stereocenters. The molecule has 0 aliphatic carbocycles. The maximum absolute atomic E-state index is 12.9. The summed E-state index contributed by atoms with van der Waals surface area (Å²) in [6.07, 6.45) is 0.524. The topological polar surface area (TPSA) is 55.1 Å². The summed E-state index contributed by atoms with van der Waals surface area (Å²) in [7, 11) is 0. The highest BCUT2D eigenvalue weighted by atomic mass is 32.1. The summed E-state index contributed by atoms with van der Waals surface area (Å²) in [6, 6.07) is 5.67. The number of carbonyl (C=O) groups excluding carboxylic acids is 1. The number of anilines is 1. The molecule has 3 N–H and O–H groups in total. The summed E-state index contributed by atoms with van der Waals surface area (Å²) in [5.41, 5.74) is 5.83. The molecule has 1 aromatic carbocycles. The number of carbonyl (C=O) groups is 1. The van der Waals surface area contributed by atoms with Crippen LogP contribution in [0.25, 0.3) is 0 Å². The molecule has 3 nitrogen and oxygen atoms in total. The van der Waals surface area contributed by atoms with E-state index in [0.717, 1.165) is 0 Å². The molecule has 0 heterocycles. The largest absolute Gasteiger partial charge is 0.393 e. The molecule has 5 heteroatoms. The fraction of sp³-hybridized carbons (Fsp3) is 0.273. The fourth-order valence-electron chi connectivity index (χ4n) is 1.31. The Labute approximate surface area is 98.8 Å². The number of benzene rings is 1. The van der Waals surface area contributed by atoms with Gasteiger partial charge < -0.3 is 11.1 Å². The highest BCUT2D eigenvalue weighted by molar-refractivity contribution is 7.80. The van der Waals surface area contributed by atoms with Crippen molar-refractivity contribution in [1.29, 1.82) is 0 Å². The van der Waals surface area contributed by atoms with E-state index in [-0.39, 0.29) is 10.9 Å². The first-order valence-corrected chi connectivity index (χ1v) is 5.31. The van der Waals surface area contributed by atoms with E-state index in [0.29, 0.717) is 12.1 Å². The van der Waals surface area contributed by atoms with Gasteiger partial charge in [-0.3, -0.25) is 4.79 Å². The van der Waals surface area contributed by atoms with Crippen LogP contribution in [0.5, 0.6) is 0 Å². The van der Waals surface area contributed by atoms with E-state index in [1.807, 2.05) is 6.92 Å². The first kappa shape index (κ1) is 12.6. The van der Waals surface area contributed by atoms with Gasteiger partial charge in [-0.2, -0.15) is 0 Å². The van der Waals surface area contributed by atoms with Gasteiger partial charge in [0.15, 0.2) is 0 Å². The van der Waals surface area contributed by atoms with Crippen molar-refractivity contribution in [1.82, 2.24) is 0 Å². The molecule has 86 valence electrons. The molecular formula is C11H13FN2OS. The van der Waals surface area contributed by atoms with Gasteiger partial charge in [-0.05, 0) is 24.6 Å². The molecule has 0 fully saturated rings. The monoisotopic (exact) mass is 240 g/mol. The molecule has 0 aliphatic heterocycles. The maximum Gasteiger partial charge on any atom is 0.234 e. The smallest absolute Gasteiger partial charge is 0.234 e. The van der Waals surface area contributed by atoms with Crippen molar-refractivity contribution in [3.8, 4) is 0 Å². The van der Waals surface area contributed by atoms with Crippen molar-refractivity contribution in [2.45, 2.75) is 13.3 Å². The summed E-state index contributed by atoms with van der Waals surface area (Å²) in [6.45, 7) is 1.81. The van der Waals surface area contributed by atoms with Gasteiger partial charge in [0.2, 0.25) is 5.91 Å². The molecule has 1 unspecified atom stereocenters. The highest BCUT2D eigenvalue weighted by Crippen LogP contribution is 2.12. The fourth-order valence-corrected chi connectivity index (χ4v) is 1.59. The number of hydrogen-bond donors (Lipinski definition) is 2. The maximum atomic E-state index is 12.9. The Balaban J connectivity index is 2.74. The zero-order chi connectivity index (χ0) is 12.1. The van der Waals surface area contributed by atoms with Crippen molar-refractivity contribution >= 4 is 28.8 Å². The molecule has 16 heavy (non-hydrogen) atoms. The van der Waals surface area contributed by atoms with Gasteiger partial charge in [-0.1, -0.05) is 25.2 Å². The van der Waals surface area contributed by atoms with Crippen LogP contribution in [0.3, 0.4) is 0 Å². The quantitative estimate of drug-likeness (QED) is 0.792. The Hall–Kier alpha value is -1.49. The standard InChI is InChI=1S/C11H13FN2OS/c1-2-9(10(13)16)11(15)14-8-5-3-4-7(12)6-8/h3-6,9H,2H2,1H3,(H2,13,16)(H,14,15). The lowest BCUT2D eigenvalue weighted by Crippen LogP contribution is -2.32. The second-order valence-electron chi connectivity index (χ2n) is 3.36. The first-order chi connectivity index (χ1) is 7.54. The summed E-state index contributed by atoms with van der Waals surface area (Å²) in [4.78, 5) is 11.8. The van der Waals surface area contributed by atoms with Crippen LogP contribution in [-0.4, -0.2) is 10.9 Å². The Bertz CT molecular complexity index is 409. The van der Waals surface area contributed by atoms with Crippen molar-refractivity contribution in [2.75, 3.05) is 5.32 Å². The van der Waals surface area contributed by atoms with E-state index in [9.17, 15) is 9.18 Å². The van der Waals surface area contributed by atoms with Gasteiger partial charge in [0.25, 0.3) is 0 Å². The SMILES string of the molecule is CCC(C(=O)Nc1cccc(F)c1)C(N)=S.